The molecule has 4 unspecified atom stereocenters. The lowest BCUT2D eigenvalue weighted by atomic mass is 10.0. The van der Waals surface area contributed by atoms with Gasteiger partial charge in [0.1, 0.15) is 0 Å². The molecule has 1 saturated heterocycles. The summed E-state index contributed by atoms with van der Waals surface area (Å²) in [4.78, 5) is 0. The predicted octanol–water partition coefficient (Wildman–Crippen LogP) is 4.10. The summed E-state index contributed by atoms with van der Waals surface area (Å²) in [6.07, 6.45) is 10.7. The zero-order chi connectivity index (χ0) is 10.7. The molecule has 0 aromatic heterocycles. The summed E-state index contributed by atoms with van der Waals surface area (Å²) in [6, 6.07) is 0. The monoisotopic (exact) mass is 250 g/mol. The zero-order valence-electron chi connectivity index (χ0n) is 9.13. The van der Waals surface area contributed by atoms with Crippen molar-refractivity contribution in [1.82, 2.24) is 0 Å². The van der Waals surface area contributed by atoms with Gasteiger partial charge >= 0.3 is 0 Å². The van der Waals surface area contributed by atoms with Crippen LogP contribution >= 0.6 is 23.2 Å². The van der Waals surface area contributed by atoms with Gasteiger partial charge in [0.15, 0.2) is 0 Å². The van der Waals surface area contributed by atoms with Crippen LogP contribution in [0.4, 0.5) is 0 Å². The van der Waals surface area contributed by atoms with Gasteiger partial charge in [-0.2, -0.15) is 0 Å². The first-order valence-corrected chi connectivity index (χ1v) is 7.08. The quantitative estimate of drug-likeness (QED) is 0.466. The lowest BCUT2D eigenvalue weighted by molar-refractivity contribution is 0.350. The number of fused-ring (bicyclic) bond motifs is 1. The number of epoxide rings is 1. The SMILES string of the molecule is ClC1CCCCCCCC2OC2CC1Cl. The van der Waals surface area contributed by atoms with E-state index in [1.165, 1.54) is 38.5 Å². The Morgan fingerprint density at radius 3 is 2.20 bits per heavy atom. The van der Waals surface area contributed by atoms with E-state index in [1.807, 2.05) is 0 Å². The van der Waals surface area contributed by atoms with E-state index in [1.54, 1.807) is 0 Å². The van der Waals surface area contributed by atoms with E-state index in [0.29, 0.717) is 12.2 Å². The van der Waals surface area contributed by atoms with Crippen molar-refractivity contribution in [2.75, 3.05) is 0 Å². The van der Waals surface area contributed by atoms with Gasteiger partial charge < -0.3 is 4.74 Å². The van der Waals surface area contributed by atoms with Crippen LogP contribution in [-0.2, 0) is 4.74 Å². The van der Waals surface area contributed by atoms with Crippen molar-refractivity contribution in [2.24, 2.45) is 0 Å². The summed E-state index contributed by atoms with van der Waals surface area (Å²) in [6.45, 7) is 0. The van der Waals surface area contributed by atoms with Crippen LogP contribution in [0.25, 0.3) is 0 Å². The summed E-state index contributed by atoms with van der Waals surface area (Å²) < 4.78 is 5.61. The van der Waals surface area contributed by atoms with E-state index >= 15 is 0 Å². The third-order valence-corrected chi connectivity index (χ3v) is 4.64. The molecule has 0 radical (unpaired) electrons. The van der Waals surface area contributed by atoms with Crippen molar-refractivity contribution in [3.05, 3.63) is 0 Å². The topological polar surface area (TPSA) is 12.5 Å². The normalized spacial score (nSPS) is 43.6. The second kappa shape index (κ2) is 5.75. The Hall–Kier alpha value is 0.540. The van der Waals surface area contributed by atoms with Crippen molar-refractivity contribution in [3.63, 3.8) is 0 Å². The van der Waals surface area contributed by atoms with Gasteiger partial charge in [0.2, 0.25) is 0 Å². The first-order chi connectivity index (χ1) is 7.27. The molecule has 3 heteroatoms. The van der Waals surface area contributed by atoms with Crippen LogP contribution in [0, 0.1) is 0 Å². The minimum absolute atomic E-state index is 0.0982. The summed E-state index contributed by atoms with van der Waals surface area (Å²) in [5, 5.41) is 0.233. The molecule has 2 rings (SSSR count). The van der Waals surface area contributed by atoms with Gasteiger partial charge in [-0.25, -0.2) is 0 Å². The molecule has 0 spiro atoms. The van der Waals surface area contributed by atoms with Gasteiger partial charge in [-0.3, -0.25) is 0 Å². The van der Waals surface area contributed by atoms with E-state index in [9.17, 15) is 0 Å². The van der Waals surface area contributed by atoms with Crippen molar-refractivity contribution in [3.8, 4) is 0 Å². The van der Waals surface area contributed by atoms with E-state index in [2.05, 4.69) is 0 Å². The van der Waals surface area contributed by atoms with Crippen molar-refractivity contribution < 1.29 is 4.74 Å². The molecule has 4 atom stereocenters. The fourth-order valence-corrected chi connectivity index (χ4v) is 2.96. The average Bonchev–Trinajstić information content (AvgIpc) is 2.93. The van der Waals surface area contributed by atoms with Gasteiger partial charge in [0, 0.05) is 0 Å². The highest BCUT2D eigenvalue weighted by molar-refractivity contribution is 6.30. The molecule has 0 aromatic rings. The Morgan fingerprint density at radius 2 is 1.40 bits per heavy atom. The lowest BCUT2D eigenvalue weighted by Gasteiger charge is -2.15. The van der Waals surface area contributed by atoms with Gasteiger partial charge in [-0.05, 0) is 19.3 Å². The van der Waals surface area contributed by atoms with Crippen LogP contribution in [0.2, 0.25) is 0 Å². The molecule has 1 nitrogen and oxygen atoms in total. The van der Waals surface area contributed by atoms with Gasteiger partial charge in [0.25, 0.3) is 0 Å². The Bertz CT molecular complexity index is 198. The van der Waals surface area contributed by atoms with Crippen LogP contribution in [0.3, 0.4) is 0 Å². The highest BCUT2D eigenvalue weighted by atomic mass is 35.5. The average molecular weight is 251 g/mol. The summed E-state index contributed by atoms with van der Waals surface area (Å²) in [7, 11) is 0. The van der Waals surface area contributed by atoms with Crippen LogP contribution in [0.5, 0.6) is 0 Å². The molecule has 15 heavy (non-hydrogen) atoms. The molecule has 0 aromatic carbocycles. The minimum atomic E-state index is 0.0982. The molecule has 1 saturated carbocycles. The Labute approximate surface area is 102 Å². The number of ether oxygens (including phenoxy) is 1. The molecule has 0 bridgehead atoms. The minimum Gasteiger partial charge on any atom is -0.370 e. The first-order valence-electron chi connectivity index (χ1n) is 6.21. The summed E-state index contributed by atoms with van der Waals surface area (Å²) >= 11 is 12.5. The van der Waals surface area contributed by atoms with Crippen LogP contribution in [0.1, 0.15) is 51.4 Å². The molecule has 2 aliphatic rings. The molecule has 0 N–H and O–H groups in total. The van der Waals surface area contributed by atoms with Gasteiger partial charge in [-0.15, -0.1) is 23.2 Å². The molecule has 1 aliphatic carbocycles. The smallest absolute Gasteiger partial charge is 0.0856 e. The maximum absolute atomic E-state index is 6.27. The van der Waals surface area contributed by atoms with Crippen molar-refractivity contribution in [1.29, 1.82) is 0 Å². The highest BCUT2D eigenvalue weighted by Crippen LogP contribution is 2.35. The van der Waals surface area contributed by atoms with Crippen LogP contribution in [-0.4, -0.2) is 23.0 Å². The Kier molecular flexibility index (Phi) is 4.60. The maximum Gasteiger partial charge on any atom is 0.0856 e. The van der Waals surface area contributed by atoms with E-state index in [0.717, 1.165) is 12.8 Å². The predicted molar refractivity (Wildman–Crippen MR) is 64.9 cm³/mol. The molecule has 1 aliphatic heterocycles. The van der Waals surface area contributed by atoms with Crippen molar-refractivity contribution in [2.45, 2.75) is 74.3 Å². The highest BCUT2D eigenvalue weighted by Gasteiger charge is 2.40. The largest absolute Gasteiger partial charge is 0.370 e. The number of hydrogen-bond donors (Lipinski definition) is 0. The second-order valence-electron chi connectivity index (χ2n) is 4.83. The van der Waals surface area contributed by atoms with Crippen molar-refractivity contribution >= 4 is 23.2 Å². The number of hydrogen-bond acceptors (Lipinski definition) is 1. The van der Waals surface area contributed by atoms with Gasteiger partial charge in [0.05, 0.1) is 23.0 Å². The fourth-order valence-electron chi connectivity index (χ4n) is 2.41. The standard InChI is InChI=1S/C12H20Cl2O/c13-9-6-4-2-1-3-5-7-11-12(15-11)8-10(9)14/h9-12H,1-8H2. The number of alkyl halides is 2. The van der Waals surface area contributed by atoms with E-state index in [-0.39, 0.29) is 10.8 Å². The summed E-state index contributed by atoms with van der Waals surface area (Å²) in [5.41, 5.74) is 0. The first kappa shape index (κ1) is 12.0. The third-order valence-electron chi connectivity index (χ3n) is 3.51. The Morgan fingerprint density at radius 1 is 0.733 bits per heavy atom. The molecule has 2 fully saturated rings. The molecule has 0 amide bonds. The van der Waals surface area contributed by atoms with Gasteiger partial charge in [-0.1, -0.05) is 32.1 Å². The summed E-state index contributed by atoms with van der Waals surface area (Å²) in [5.74, 6) is 0. The third kappa shape index (κ3) is 3.80. The number of halogens is 2. The lowest BCUT2D eigenvalue weighted by Crippen LogP contribution is -2.18. The van der Waals surface area contributed by atoms with Crippen LogP contribution in [0.15, 0.2) is 0 Å². The molecule has 88 valence electrons. The maximum atomic E-state index is 6.27. The second-order valence-corrected chi connectivity index (χ2v) is 5.95. The zero-order valence-corrected chi connectivity index (χ0v) is 10.6. The molecular formula is C12H20Cl2O. The Balaban J connectivity index is 1.80. The fraction of sp³-hybridized carbons (Fsp3) is 1.00. The van der Waals surface area contributed by atoms with E-state index < -0.39 is 0 Å². The molecule has 1 heterocycles. The van der Waals surface area contributed by atoms with E-state index in [4.69, 9.17) is 27.9 Å². The number of rotatable bonds is 0. The molecular weight excluding hydrogens is 231 g/mol. The van der Waals surface area contributed by atoms with Crippen LogP contribution < -0.4 is 0 Å².